The number of nitrogens with zero attached hydrogens (tertiary/aromatic N) is 1. The van der Waals surface area contributed by atoms with E-state index in [1.54, 1.807) is 0 Å². The molecule has 0 amide bonds. The van der Waals surface area contributed by atoms with Crippen molar-refractivity contribution < 1.29 is 0 Å². The van der Waals surface area contributed by atoms with Crippen molar-refractivity contribution in [1.82, 2.24) is 4.90 Å². The number of hydrogen-bond donors (Lipinski definition) is 0. The summed E-state index contributed by atoms with van der Waals surface area (Å²) in [5.74, 6) is 0. The maximum absolute atomic E-state index is 2.33. The van der Waals surface area contributed by atoms with Crippen LogP contribution in [-0.4, -0.2) is 25.0 Å². The molecule has 0 fully saturated rings. The molecule has 0 saturated heterocycles. The van der Waals surface area contributed by atoms with Gasteiger partial charge in [-0.05, 0) is 26.8 Å². The Morgan fingerprint density at radius 2 is 1.92 bits per heavy atom. The average Bonchev–Trinajstić information content (AvgIpc) is 2.06. The predicted octanol–water partition coefficient (Wildman–Crippen LogP) is 2.85. The molecule has 0 heterocycles. The highest BCUT2D eigenvalue weighted by Crippen LogP contribution is 1.90. The summed E-state index contributed by atoms with van der Waals surface area (Å²) in [5, 5.41) is 0. The number of allylic oxidation sites excluding steroid dienone is 2. The summed E-state index contributed by atoms with van der Waals surface area (Å²) in [6.45, 7) is 6.46. The van der Waals surface area contributed by atoms with Gasteiger partial charge in [-0.25, -0.2) is 0 Å². The quantitative estimate of drug-likeness (QED) is 0.550. The van der Waals surface area contributed by atoms with Crippen LogP contribution in [0, 0.1) is 0 Å². The Hall–Kier alpha value is -0.560. The highest BCUT2D eigenvalue weighted by Gasteiger charge is 1.90. The van der Waals surface area contributed by atoms with E-state index in [1.165, 1.54) is 0 Å². The highest BCUT2D eigenvalue weighted by molar-refractivity contribution is 4.84. The molecule has 1 heteroatoms. The van der Waals surface area contributed by atoms with Gasteiger partial charge in [-0.15, -0.1) is 0 Å². The molecule has 70 valence electrons. The van der Waals surface area contributed by atoms with E-state index < -0.39 is 0 Å². The Kier molecular flexibility index (Phi) is 8.14. The summed E-state index contributed by atoms with van der Waals surface area (Å²) in [7, 11) is 2.16. The second-order valence-corrected chi connectivity index (χ2v) is 3.00. The van der Waals surface area contributed by atoms with Crippen molar-refractivity contribution in [3.8, 4) is 0 Å². The summed E-state index contributed by atoms with van der Waals surface area (Å²) in [6.07, 6.45) is 11.1. The average molecular weight is 167 g/mol. The molecule has 0 aromatic carbocycles. The van der Waals surface area contributed by atoms with Crippen LogP contribution in [0.3, 0.4) is 0 Å². The Morgan fingerprint density at radius 1 is 1.17 bits per heavy atom. The Morgan fingerprint density at radius 3 is 2.50 bits per heavy atom. The van der Waals surface area contributed by atoms with Crippen molar-refractivity contribution in [2.75, 3.05) is 20.1 Å². The van der Waals surface area contributed by atoms with E-state index in [2.05, 4.69) is 50.1 Å². The smallest absolute Gasteiger partial charge is 0.0160 e. The normalized spacial score (nSPS) is 12.3. The van der Waals surface area contributed by atoms with Crippen LogP contribution >= 0.6 is 0 Å². The molecule has 0 N–H and O–H groups in total. The summed E-state index contributed by atoms with van der Waals surface area (Å²) in [4.78, 5) is 2.33. The standard InChI is InChI=1S/C11H21N/c1-4-6-8-10-12(3)11-9-7-5-2/h4,6-7,9H,5,8,10-11H2,1-3H3/b6-4?,9-7-. The van der Waals surface area contributed by atoms with Crippen molar-refractivity contribution in [3.63, 3.8) is 0 Å². The third kappa shape index (κ3) is 7.55. The molecule has 0 aromatic rings. The minimum absolute atomic E-state index is 1.07. The molecular formula is C11H21N. The molecule has 0 unspecified atom stereocenters. The van der Waals surface area contributed by atoms with Gasteiger partial charge in [0.25, 0.3) is 0 Å². The van der Waals surface area contributed by atoms with E-state index in [1.807, 2.05) is 0 Å². The minimum Gasteiger partial charge on any atom is -0.302 e. The monoisotopic (exact) mass is 167 g/mol. The topological polar surface area (TPSA) is 3.24 Å². The molecule has 0 aliphatic carbocycles. The SMILES string of the molecule is CC=CCCN(C)C/C=C\CC. The summed E-state index contributed by atoms with van der Waals surface area (Å²) in [6, 6.07) is 0. The lowest BCUT2D eigenvalue weighted by Crippen LogP contribution is -2.18. The second-order valence-electron chi connectivity index (χ2n) is 3.00. The zero-order valence-electron chi connectivity index (χ0n) is 8.59. The first-order valence-corrected chi connectivity index (χ1v) is 4.76. The van der Waals surface area contributed by atoms with Crippen LogP contribution < -0.4 is 0 Å². The van der Waals surface area contributed by atoms with Gasteiger partial charge >= 0.3 is 0 Å². The van der Waals surface area contributed by atoms with Crippen LogP contribution in [0.4, 0.5) is 0 Å². The molecule has 1 nitrogen and oxygen atoms in total. The largest absolute Gasteiger partial charge is 0.302 e. The fourth-order valence-corrected chi connectivity index (χ4v) is 0.974. The second kappa shape index (κ2) is 8.54. The highest BCUT2D eigenvalue weighted by atomic mass is 15.1. The van der Waals surface area contributed by atoms with Crippen LogP contribution in [-0.2, 0) is 0 Å². The van der Waals surface area contributed by atoms with Gasteiger partial charge in [0.1, 0.15) is 0 Å². The van der Waals surface area contributed by atoms with Crippen molar-refractivity contribution in [2.24, 2.45) is 0 Å². The maximum Gasteiger partial charge on any atom is 0.0160 e. The molecule has 0 saturated carbocycles. The van der Waals surface area contributed by atoms with Gasteiger partial charge < -0.3 is 4.90 Å². The molecule has 0 atom stereocenters. The third-order valence-corrected chi connectivity index (χ3v) is 1.73. The van der Waals surface area contributed by atoms with Gasteiger partial charge in [-0.3, -0.25) is 0 Å². The van der Waals surface area contributed by atoms with Crippen LogP contribution in [0.5, 0.6) is 0 Å². The molecule has 0 aromatic heterocycles. The summed E-state index contributed by atoms with van der Waals surface area (Å²) < 4.78 is 0. The van der Waals surface area contributed by atoms with E-state index in [0.717, 1.165) is 25.9 Å². The van der Waals surface area contributed by atoms with Gasteiger partial charge in [-0.1, -0.05) is 31.2 Å². The lowest BCUT2D eigenvalue weighted by atomic mass is 10.3. The van der Waals surface area contributed by atoms with Crippen molar-refractivity contribution in [2.45, 2.75) is 26.7 Å². The van der Waals surface area contributed by atoms with Crippen molar-refractivity contribution in [1.29, 1.82) is 0 Å². The Balaban J connectivity index is 3.32. The fraction of sp³-hybridized carbons (Fsp3) is 0.636. The van der Waals surface area contributed by atoms with E-state index in [4.69, 9.17) is 0 Å². The zero-order valence-corrected chi connectivity index (χ0v) is 8.59. The Bertz CT molecular complexity index is 136. The van der Waals surface area contributed by atoms with E-state index in [0.29, 0.717) is 0 Å². The predicted molar refractivity (Wildman–Crippen MR) is 56.4 cm³/mol. The number of likely N-dealkylation sites (N-methyl/N-ethyl adjacent to an activating group) is 1. The van der Waals surface area contributed by atoms with Crippen molar-refractivity contribution in [3.05, 3.63) is 24.3 Å². The lowest BCUT2D eigenvalue weighted by Gasteiger charge is -2.11. The van der Waals surface area contributed by atoms with Gasteiger partial charge in [-0.2, -0.15) is 0 Å². The van der Waals surface area contributed by atoms with Crippen molar-refractivity contribution >= 4 is 0 Å². The number of rotatable bonds is 6. The molecular weight excluding hydrogens is 146 g/mol. The first-order chi connectivity index (χ1) is 5.81. The fourth-order valence-electron chi connectivity index (χ4n) is 0.974. The molecule has 0 bridgehead atoms. The molecule has 0 spiro atoms. The van der Waals surface area contributed by atoms with E-state index in [-0.39, 0.29) is 0 Å². The van der Waals surface area contributed by atoms with E-state index >= 15 is 0 Å². The maximum atomic E-state index is 2.33. The summed E-state index contributed by atoms with van der Waals surface area (Å²) >= 11 is 0. The first kappa shape index (κ1) is 11.4. The molecule has 12 heavy (non-hydrogen) atoms. The number of hydrogen-bond acceptors (Lipinski definition) is 1. The molecule has 0 rings (SSSR count). The Labute approximate surface area is 76.8 Å². The zero-order chi connectivity index (χ0) is 9.23. The van der Waals surface area contributed by atoms with E-state index in [9.17, 15) is 0 Å². The molecule has 0 aliphatic rings. The van der Waals surface area contributed by atoms with Gasteiger partial charge in [0.2, 0.25) is 0 Å². The minimum atomic E-state index is 1.07. The lowest BCUT2D eigenvalue weighted by molar-refractivity contribution is 0.378. The third-order valence-electron chi connectivity index (χ3n) is 1.73. The van der Waals surface area contributed by atoms with Crippen LogP contribution in [0.25, 0.3) is 0 Å². The van der Waals surface area contributed by atoms with Crippen LogP contribution in [0.1, 0.15) is 26.7 Å². The van der Waals surface area contributed by atoms with Gasteiger partial charge in [0.15, 0.2) is 0 Å². The van der Waals surface area contributed by atoms with Crippen LogP contribution in [0.2, 0.25) is 0 Å². The van der Waals surface area contributed by atoms with Gasteiger partial charge in [0.05, 0.1) is 0 Å². The van der Waals surface area contributed by atoms with Gasteiger partial charge in [0, 0.05) is 13.1 Å². The molecule has 0 radical (unpaired) electrons. The summed E-state index contributed by atoms with van der Waals surface area (Å²) in [5.41, 5.74) is 0. The molecule has 0 aliphatic heterocycles. The first-order valence-electron chi connectivity index (χ1n) is 4.76. The van der Waals surface area contributed by atoms with Crippen LogP contribution in [0.15, 0.2) is 24.3 Å².